The summed E-state index contributed by atoms with van der Waals surface area (Å²) >= 11 is 0. The van der Waals surface area contributed by atoms with Gasteiger partial charge in [-0.3, -0.25) is 0 Å². The summed E-state index contributed by atoms with van der Waals surface area (Å²) in [6, 6.07) is 66.2. The van der Waals surface area contributed by atoms with Crippen LogP contribution in [0.1, 0.15) is 0 Å². The number of aromatic nitrogens is 3. The van der Waals surface area contributed by atoms with E-state index in [0.717, 1.165) is 22.4 Å². The Bertz CT molecular complexity index is 3120. The fourth-order valence-corrected chi connectivity index (χ4v) is 8.28. The standard InChI is InChI=1S/C48H31N3/c1-3-12-31(13-4-1)32-14-11-17-36(26-32)51-45-21-10-8-19-38(45)40-27-33(22-24-46(40)51)34-23-25-47-41(28-34)42-29-39-37-18-7-9-20-43(37)49-44(39)30-48(42)50(47)35-15-5-2-6-16-35/h1-30,49H. The predicted octanol–water partition coefficient (Wildman–Crippen LogP) is 12.8. The van der Waals surface area contributed by atoms with Gasteiger partial charge in [-0.25, -0.2) is 0 Å². The molecule has 0 fully saturated rings. The Hall–Kier alpha value is -6.84. The van der Waals surface area contributed by atoms with Crippen LogP contribution < -0.4 is 0 Å². The third kappa shape index (κ3) is 4.25. The summed E-state index contributed by atoms with van der Waals surface area (Å²) in [5.41, 5.74) is 14.3. The van der Waals surface area contributed by atoms with Gasteiger partial charge in [0.15, 0.2) is 0 Å². The zero-order chi connectivity index (χ0) is 33.5. The highest BCUT2D eigenvalue weighted by molar-refractivity contribution is 6.19. The molecule has 8 aromatic carbocycles. The molecule has 51 heavy (non-hydrogen) atoms. The van der Waals surface area contributed by atoms with Crippen LogP contribution in [0.15, 0.2) is 182 Å². The van der Waals surface area contributed by atoms with Crippen LogP contribution >= 0.6 is 0 Å². The first-order valence-electron chi connectivity index (χ1n) is 17.5. The molecule has 0 radical (unpaired) electrons. The van der Waals surface area contributed by atoms with Gasteiger partial charge in [-0.05, 0) is 95.1 Å². The van der Waals surface area contributed by atoms with Crippen molar-refractivity contribution in [3.8, 4) is 33.6 Å². The fraction of sp³-hybridized carbons (Fsp3) is 0. The van der Waals surface area contributed by atoms with Crippen molar-refractivity contribution in [1.29, 1.82) is 0 Å². The van der Waals surface area contributed by atoms with Gasteiger partial charge in [0.1, 0.15) is 0 Å². The minimum Gasteiger partial charge on any atom is -0.354 e. The van der Waals surface area contributed by atoms with E-state index >= 15 is 0 Å². The highest BCUT2D eigenvalue weighted by Gasteiger charge is 2.18. The maximum absolute atomic E-state index is 3.67. The summed E-state index contributed by atoms with van der Waals surface area (Å²) in [5, 5.41) is 7.51. The number of rotatable bonds is 4. The minimum absolute atomic E-state index is 1.15. The van der Waals surface area contributed by atoms with Crippen molar-refractivity contribution in [2.24, 2.45) is 0 Å². The Morgan fingerprint density at radius 3 is 1.61 bits per heavy atom. The van der Waals surface area contributed by atoms with Gasteiger partial charge in [0.25, 0.3) is 0 Å². The summed E-state index contributed by atoms with van der Waals surface area (Å²) in [4.78, 5) is 3.67. The predicted molar refractivity (Wildman–Crippen MR) is 215 cm³/mol. The SMILES string of the molecule is c1ccc(-c2cccc(-n3c4ccccc4c4cc(-c5ccc6c(c5)c5cc7c(cc5n6-c5ccccc5)[nH]c5ccccc57)ccc43)c2)cc1. The molecule has 0 bridgehead atoms. The summed E-state index contributed by atoms with van der Waals surface area (Å²) < 4.78 is 4.81. The zero-order valence-electron chi connectivity index (χ0n) is 27.7. The zero-order valence-corrected chi connectivity index (χ0v) is 27.7. The summed E-state index contributed by atoms with van der Waals surface area (Å²) in [6.45, 7) is 0. The van der Waals surface area contributed by atoms with E-state index in [9.17, 15) is 0 Å². The number of aromatic amines is 1. The monoisotopic (exact) mass is 649 g/mol. The van der Waals surface area contributed by atoms with Crippen LogP contribution in [0.4, 0.5) is 0 Å². The molecule has 0 spiro atoms. The lowest BCUT2D eigenvalue weighted by Crippen LogP contribution is -1.94. The molecule has 11 aromatic rings. The Morgan fingerprint density at radius 1 is 0.275 bits per heavy atom. The number of para-hydroxylation sites is 3. The third-order valence-corrected chi connectivity index (χ3v) is 10.6. The van der Waals surface area contributed by atoms with E-state index in [-0.39, 0.29) is 0 Å². The van der Waals surface area contributed by atoms with E-state index in [1.54, 1.807) is 0 Å². The van der Waals surface area contributed by atoms with Crippen molar-refractivity contribution >= 4 is 65.4 Å². The molecular weight excluding hydrogens is 619 g/mol. The first-order valence-corrected chi connectivity index (χ1v) is 17.5. The molecular formula is C48H31N3. The third-order valence-electron chi connectivity index (χ3n) is 10.6. The van der Waals surface area contributed by atoms with E-state index < -0.39 is 0 Å². The molecule has 0 saturated carbocycles. The molecule has 0 amide bonds. The summed E-state index contributed by atoms with van der Waals surface area (Å²) in [7, 11) is 0. The molecule has 0 aliphatic carbocycles. The number of nitrogens with zero attached hydrogens (tertiary/aromatic N) is 2. The van der Waals surface area contributed by atoms with E-state index in [1.807, 2.05) is 0 Å². The molecule has 0 aliphatic heterocycles. The van der Waals surface area contributed by atoms with Crippen molar-refractivity contribution in [3.05, 3.63) is 182 Å². The molecule has 0 atom stereocenters. The molecule has 0 saturated heterocycles. The first-order chi connectivity index (χ1) is 25.3. The van der Waals surface area contributed by atoms with Crippen molar-refractivity contribution in [2.45, 2.75) is 0 Å². The molecule has 3 heteroatoms. The van der Waals surface area contributed by atoms with Gasteiger partial charge >= 0.3 is 0 Å². The van der Waals surface area contributed by atoms with Gasteiger partial charge in [-0.2, -0.15) is 0 Å². The molecule has 3 aromatic heterocycles. The Balaban J connectivity index is 1.12. The number of nitrogens with one attached hydrogen (secondary N) is 1. The van der Waals surface area contributed by atoms with Crippen molar-refractivity contribution in [1.82, 2.24) is 14.1 Å². The van der Waals surface area contributed by atoms with Crippen molar-refractivity contribution in [2.75, 3.05) is 0 Å². The van der Waals surface area contributed by atoms with E-state index in [0.29, 0.717) is 0 Å². The van der Waals surface area contributed by atoms with Crippen molar-refractivity contribution < 1.29 is 0 Å². The second-order valence-electron chi connectivity index (χ2n) is 13.5. The molecule has 11 rings (SSSR count). The molecule has 0 aliphatic rings. The first kappa shape index (κ1) is 28.0. The van der Waals surface area contributed by atoms with Crippen LogP contribution in [0, 0.1) is 0 Å². The van der Waals surface area contributed by atoms with Crippen LogP contribution in [0.3, 0.4) is 0 Å². The highest BCUT2D eigenvalue weighted by Crippen LogP contribution is 2.40. The minimum atomic E-state index is 1.15. The average Bonchev–Trinajstić information content (AvgIpc) is 3.84. The Labute approximate surface area is 294 Å². The fourth-order valence-electron chi connectivity index (χ4n) is 8.28. The molecule has 1 N–H and O–H groups in total. The number of benzene rings is 8. The van der Waals surface area contributed by atoms with Crippen molar-refractivity contribution in [3.63, 3.8) is 0 Å². The molecule has 238 valence electrons. The second kappa shape index (κ2) is 10.8. The quantitative estimate of drug-likeness (QED) is 0.196. The smallest absolute Gasteiger partial charge is 0.0562 e. The Morgan fingerprint density at radius 2 is 0.824 bits per heavy atom. The maximum atomic E-state index is 3.67. The lowest BCUT2D eigenvalue weighted by atomic mass is 10.00. The average molecular weight is 650 g/mol. The van der Waals surface area contributed by atoms with Gasteiger partial charge in [0.2, 0.25) is 0 Å². The molecule has 3 nitrogen and oxygen atoms in total. The van der Waals surface area contributed by atoms with Crippen LogP contribution in [-0.2, 0) is 0 Å². The van der Waals surface area contributed by atoms with Gasteiger partial charge in [-0.1, -0.05) is 109 Å². The molecule has 3 heterocycles. The highest BCUT2D eigenvalue weighted by atomic mass is 15.0. The topological polar surface area (TPSA) is 25.6 Å². The van der Waals surface area contributed by atoms with Crippen LogP contribution in [0.25, 0.3) is 99.0 Å². The van der Waals surface area contributed by atoms with Gasteiger partial charge in [0, 0.05) is 54.7 Å². The second-order valence-corrected chi connectivity index (χ2v) is 13.5. The van der Waals surface area contributed by atoms with Gasteiger partial charge in [-0.15, -0.1) is 0 Å². The number of H-pyrrole nitrogens is 1. The van der Waals surface area contributed by atoms with Crippen LogP contribution in [-0.4, -0.2) is 14.1 Å². The number of fused-ring (bicyclic) bond motifs is 9. The van der Waals surface area contributed by atoms with E-state index in [4.69, 9.17) is 0 Å². The summed E-state index contributed by atoms with van der Waals surface area (Å²) in [5.74, 6) is 0. The normalized spacial score (nSPS) is 11.9. The number of hydrogen-bond donors (Lipinski definition) is 1. The lowest BCUT2D eigenvalue weighted by molar-refractivity contribution is 1.18. The van der Waals surface area contributed by atoms with Crippen LogP contribution in [0.2, 0.25) is 0 Å². The molecule has 0 unspecified atom stereocenters. The largest absolute Gasteiger partial charge is 0.354 e. The number of hydrogen-bond acceptors (Lipinski definition) is 0. The van der Waals surface area contributed by atoms with Crippen LogP contribution in [0.5, 0.6) is 0 Å². The van der Waals surface area contributed by atoms with Gasteiger partial charge < -0.3 is 14.1 Å². The van der Waals surface area contributed by atoms with Gasteiger partial charge in [0.05, 0.1) is 22.1 Å². The summed E-state index contributed by atoms with van der Waals surface area (Å²) in [6.07, 6.45) is 0. The Kier molecular flexibility index (Phi) is 5.96. The maximum Gasteiger partial charge on any atom is 0.0562 e. The van der Waals surface area contributed by atoms with E-state index in [1.165, 1.54) is 76.6 Å². The van der Waals surface area contributed by atoms with E-state index in [2.05, 4.69) is 196 Å². The lowest BCUT2D eigenvalue weighted by Gasteiger charge is -2.11.